The summed E-state index contributed by atoms with van der Waals surface area (Å²) in [6, 6.07) is 0.378. The van der Waals surface area contributed by atoms with E-state index >= 15 is 0 Å². The fourth-order valence-electron chi connectivity index (χ4n) is 3.18. The molecular formula is C15H26N2O3. The van der Waals surface area contributed by atoms with Gasteiger partial charge in [-0.05, 0) is 25.7 Å². The van der Waals surface area contributed by atoms with E-state index in [2.05, 4.69) is 10.2 Å². The van der Waals surface area contributed by atoms with Gasteiger partial charge in [0.2, 0.25) is 5.91 Å². The molecule has 5 heteroatoms. The highest BCUT2D eigenvalue weighted by molar-refractivity contribution is 5.79. The molecule has 3 aliphatic rings. The van der Waals surface area contributed by atoms with Gasteiger partial charge in [-0.3, -0.25) is 4.79 Å². The lowest BCUT2D eigenvalue weighted by molar-refractivity contribution is -0.128. The van der Waals surface area contributed by atoms with E-state index in [1.54, 1.807) is 0 Å². The molecule has 1 N–H and O–H groups in total. The van der Waals surface area contributed by atoms with Gasteiger partial charge in [0, 0.05) is 31.6 Å². The maximum absolute atomic E-state index is 11.9. The van der Waals surface area contributed by atoms with Crippen LogP contribution >= 0.6 is 0 Å². The summed E-state index contributed by atoms with van der Waals surface area (Å²) < 4.78 is 11.1. The molecule has 0 radical (unpaired) electrons. The molecule has 1 amide bonds. The van der Waals surface area contributed by atoms with Crippen molar-refractivity contribution in [1.82, 2.24) is 10.2 Å². The average Bonchev–Trinajstić information content (AvgIpc) is 2.40. The molecule has 0 aromatic heterocycles. The molecule has 2 saturated heterocycles. The van der Waals surface area contributed by atoms with Crippen LogP contribution in [0.1, 0.15) is 32.1 Å². The molecule has 0 aromatic rings. The highest BCUT2D eigenvalue weighted by atomic mass is 16.6. The summed E-state index contributed by atoms with van der Waals surface area (Å²) in [6.45, 7) is 5.23. The first kappa shape index (κ1) is 14.3. The number of carbonyl (C=O) groups excluding carboxylic acids is 1. The van der Waals surface area contributed by atoms with Crippen LogP contribution in [0, 0.1) is 5.92 Å². The molecule has 0 bridgehead atoms. The quantitative estimate of drug-likeness (QED) is 0.828. The van der Waals surface area contributed by atoms with Crippen LogP contribution in [0.5, 0.6) is 0 Å². The van der Waals surface area contributed by atoms with Crippen LogP contribution in [0.25, 0.3) is 0 Å². The fourth-order valence-corrected chi connectivity index (χ4v) is 3.18. The summed E-state index contributed by atoms with van der Waals surface area (Å²) in [5.41, 5.74) is 0. The van der Waals surface area contributed by atoms with E-state index in [4.69, 9.17) is 9.47 Å². The van der Waals surface area contributed by atoms with Crippen LogP contribution in [0.15, 0.2) is 0 Å². The van der Waals surface area contributed by atoms with Crippen LogP contribution in [0.2, 0.25) is 0 Å². The predicted molar refractivity (Wildman–Crippen MR) is 75.5 cm³/mol. The molecule has 2 aliphatic heterocycles. The first-order valence-corrected chi connectivity index (χ1v) is 8.03. The molecule has 20 heavy (non-hydrogen) atoms. The van der Waals surface area contributed by atoms with Gasteiger partial charge in [0.25, 0.3) is 0 Å². The van der Waals surface area contributed by atoms with Crippen molar-refractivity contribution >= 4 is 5.91 Å². The molecule has 2 heterocycles. The van der Waals surface area contributed by atoms with E-state index in [-0.39, 0.29) is 6.10 Å². The molecule has 0 aromatic carbocycles. The van der Waals surface area contributed by atoms with Crippen molar-refractivity contribution in [2.45, 2.75) is 44.2 Å². The number of likely N-dealkylation sites (tertiary alicyclic amines) is 1. The third kappa shape index (κ3) is 3.71. The van der Waals surface area contributed by atoms with Crippen LogP contribution in [0.4, 0.5) is 0 Å². The largest absolute Gasteiger partial charge is 0.376 e. The van der Waals surface area contributed by atoms with Gasteiger partial charge in [0.05, 0.1) is 25.9 Å². The topological polar surface area (TPSA) is 50.8 Å². The third-order valence-electron chi connectivity index (χ3n) is 4.76. The zero-order valence-electron chi connectivity index (χ0n) is 12.2. The zero-order chi connectivity index (χ0) is 13.8. The minimum atomic E-state index is 0.227. The Morgan fingerprint density at radius 1 is 1.15 bits per heavy atom. The maximum Gasteiger partial charge on any atom is 0.223 e. The Labute approximate surface area is 121 Å². The number of nitrogens with one attached hydrogen (secondary N) is 1. The van der Waals surface area contributed by atoms with E-state index in [9.17, 15) is 4.79 Å². The van der Waals surface area contributed by atoms with Gasteiger partial charge in [0.1, 0.15) is 0 Å². The number of rotatable bonds is 4. The van der Waals surface area contributed by atoms with E-state index in [0.717, 1.165) is 65.1 Å². The Morgan fingerprint density at radius 3 is 2.55 bits per heavy atom. The average molecular weight is 282 g/mol. The Balaban J connectivity index is 1.34. The first-order chi connectivity index (χ1) is 9.81. The van der Waals surface area contributed by atoms with Gasteiger partial charge < -0.3 is 19.7 Å². The summed E-state index contributed by atoms with van der Waals surface area (Å²) in [4.78, 5) is 14.4. The van der Waals surface area contributed by atoms with E-state index < -0.39 is 0 Å². The van der Waals surface area contributed by atoms with Gasteiger partial charge in [-0.1, -0.05) is 6.42 Å². The number of nitrogens with zero attached hydrogens (tertiary/aromatic N) is 1. The number of hydrogen-bond acceptors (Lipinski definition) is 4. The van der Waals surface area contributed by atoms with Crippen molar-refractivity contribution < 1.29 is 14.3 Å². The molecule has 3 fully saturated rings. The van der Waals surface area contributed by atoms with Crippen molar-refractivity contribution in [1.29, 1.82) is 0 Å². The summed E-state index contributed by atoms with van der Waals surface area (Å²) in [5, 5.41) is 3.22. The van der Waals surface area contributed by atoms with Crippen molar-refractivity contribution in [2.24, 2.45) is 5.92 Å². The number of hydrogen-bond donors (Lipinski definition) is 1. The lowest BCUT2D eigenvalue weighted by atomic mass is 9.84. The van der Waals surface area contributed by atoms with E-state index in [1.807, 2.05) is 0 Å². The standard InChI is InChI=1S/C15H26N2O3/c18-15(12-2-1-3-12)16-13-4-6-17(7-5-13)10-14-11-19-8-9-20-14/h12-14H,1-11H2,(H,16,18). The number of carbonyl (C=O) groups is 1. The van der Waals surface area contributed by atoms with Crippen LogP contribution < -0.4 is 5.32 Å². The molecule has 0 spiro atoms. The summed E-state index contributed by atoms with van der Waals surface area (Å²) in [5.74, 6) is 0.597. The minimum Gasteiger partial charge on any atom is -0.376 e. The molecule has 3 rings (SSSR count). The predicted octanol–water partition coefficient (Wildman–Crippen LogP) is 0.782. The van der Waals surface area contributed by atoms with Crippen molar-refractivity contribution in [2.75, 3.05) is 39.5 Å². The van der Waals surface area contributed by atoms with Gasteiger partial charge >= 0.3 is 0 Å². The van der Waals surface area contributed by atoms with Gasteiger partial charge in [-0.25, -0.2) is 0 Å². The monoisotopic (exact) mass is 282 g/mol. The molecule has 1 unspecified atom stereocenters. The first-order valence-electron chi connectivity index (χ1n) is 8.03. The van der Waals surface area contributed by atoms with E-state index in [0.29, 0.717) is 17.9 Å². The minimum absolute atomic E-state index is 0.227. The molecule has 114 valence electrons. The number of ether oxygens (including phenoxy) is 2. The molecule has 1 saturated carbocycles. The second-order valence-electron chi connectivity index (χ2n) is 6.28. The second kappa shape index (κ2) is 6.87. The highest BCUT2D eigenvalue weighted by Gasteiger charge is 2.29. The summed E-state index contributed by atoms with van der Waals surface area (Å²) in [7, 11) is 0. The lowest BCUT2D eigenvalue weighted by Gasteiger charge is -2.36. The van der Waals surface area contributed by atoms with Gasteiger partial charge in [-0.15, -0.1) is 0 Å². The van der Waals surface area contributed by atoms with E-state index in [1.165, 1.54) is 6.42 Å². The van der Waals surface area contributed by atoms with Crippen LogP contribution in [0.3, 0.4) is 0 Å². The normalized spacial score (nSPS) is 29.9. The zero-order valence-corrected chi connectivity index (χ0v) is 12.2. The third-order valence-corrected chi connectivity index (χ3v) is 4.76. The summed E-state index contributed by atoms with van der Waals surface area (Å²) >= 11 is 0. The van der Waals surface area contributed by atoms with Crippen molar-refractivity contribution in [3.05, 3.63) is 0 Å². The Kier molecular flexibility index (Phi) is 4.91. The fraction of sp³-hybridized carbons (Fsp3) is 0.933. The summed E-state index contributed by atoms with van der Waals surface area (Å²) in [6.07, 6.45) is 5.75. The Morgan fingerprint density at radius 2 is 1.95 bits per heavy atom. The Bertz CT molecular complexity index is 319. The highest BCUT2D eigenvalue weighted by Crippen LogP contribution is 2.26. The number of piperidine rings is 1. The van der Waals surface area contributed by atoms with Gasteiger partial charge in [-0.2, -0.15) is 0 Å². The molecular weight excluding hydrogens is 256 g/mol. The molecule has 5 nitrogen and oxygen atoms in total. The van der Waals surface area contributed by atoms with Crippen LogP contribution in [-0.4, -0.2) is 62.4 Å². The maximum atomic E-state index is 11.9. The van der Waals surface area contributed by atoms with Crippen LogP contribution in [-0.2, 0) is 14.3 Å². The van der Waals surface area contributed by atoms with Crippen molar-refractivity contribution in [3.8, 4) is 0 Å². The smallest absolute Gasteiger partial charge is 0.223 e. The molecule has 1 atom stereocenters. The van der Waals surface area contributed by atoms with Crippen molar-refractivity contribution in [3.63, 3.8) is 0 Å². The van der Waals surface area contributed by atoms with Gasteiger partial charge in [0.15, 0.2) is 0 Å². The SMILES string of the molecule is O=C(NC1CCN(CC2COCCO2)CC1)C1CCC1. The second-order valence-corrected chi connectivity index (χ2v) is 6.28. The lowest BCUT2D eigenvalue weighted by Crippen LogP contribution is -2.49. The Hall–Kier alpha value is -0.650. The number of amides is 1. The molecule has 1 aliphatic carbocycles.